The van der Waals surface area contributed by atoms with Crippen LogP contribution < -0.4 is 9.92 Å². The van der Waals surface area contributed by atoms with Gasteiger partial charge in [0.25, 0.3) is 0 Å². The predicted octanol–water partition coefficient (Wildman–Crippen LogP) is 1.58. The minimum absolute atomic E-state index is 0.0883. The molecule has 6 heteroatoms. The van der Waals surface area contributed by atoms with Gasteiger partial charge < -0.3 is 9.92 Å². The summed E-state index contributed by atoms with van der Waals surface area (Å²) in [5.41, 5.74) is 8.12. The lowest BCUT2D eigenvalue weighted by atomic mass is 10.8. The second kappa shape index (κ2) is 4.71. The summed E-state index contributed by atoms with van der Waals surface area (Å²) in [6.07, 6.45) is 1.34. The molecule has 0 fully saturated rings. The van der Waals surface area contributed by atoms with Crippen LogP contribution >= 0.6 is 0 Å². The lowest BCUT2D eigenvalue weighted by Crippen LogP contribution is -2.08. The topological polar surface area (TPSA) is 89.6 Å². The Labute approximate surface area is 95.2 Å². The molecule has 5 nitrogen and oxygen atoms in total. The average molecular weight is 257 g/mol. The second-order valence-corrected chi connectivity index (χ2v) is 4.40. The van der Waals surface area contributed by atoms with Crippen molar-refractivity contribution in [1.29, 1.82) is 0 Å². The van der Waals surface area contributed by atoms with Crippen LogP contribution in [0, 0.1) is 0 Å². The molecule has 0 aliphatic heterocycles. The number of hydrogen-bond acceptors (Lipinski definition) is 4. The van der Waals surface area contributed by atoms with E-state index in [1.165, 1.54) is 12.1 Å². The highest BCUT2D eigenvalue weighted by atomic mass is 32.3. The van der Waals surface area contributed by atoms with Crippen LogP contribution in [0.3, 0.4) is 0 Å². The van der Waals surface area contributed by atoms with Gasteiger partial charge in [0.15, 0.2) is 0 Å². The molecule has 0 spiro atoms. The first-order valence-corrected chi connectivity index (χ1v) is 6.32. The molecule has 0 aliphatic rings. The van der Waals surface area contributed by atoms with Crippen LogP contribution in [0.2, 0.25) is 0 Å². The molecule has 3 N–H and O–H groups in total. The van der Waals surface area contributed by atoms with Crippen LogP contribution in [-0.2, 0) is 23.2 Å². The van der Waals surface area contributed by atoms with Gasteiger partial charge in [-0.3, -0.25) is 4.55 Å². The Morgan fingerprint density at radius 2 is 1.69 bits per heavy atom. The van der Waals surface area contributed by atoms with Gasteiger partial charge >= 0.3 is 10.4 Å². The third-order valence-electron chi connectivity index (χ3n) is 2.29. The maximum Gasteiger partial charge on any atom is 0.446 e. The van der Waals surface area contributed by atoms with E-state index in [2.05, 4.69) is 4.18 Å². The first-order valence-electron chi connectivity index (χ1n) is 4.95. The average Bonchev–Trinajstić information content (AvgIpc) is 2.18. The van der Waals surface area contributed by atoms with Gasteiger partial charge in [-0.2, -0.15) is 8.42 Å². The molecule has 0 unspecified atom stereocenters. The van der Waals surface area contributed by atoms with E-state index in [0.29, 0.717) is 18.5 Å². The summed E-state index contributed by atoms with van der Waals surface area (Å²) in [7, 11) is -4.48. The minimum atomic E-state index is -4.48. The number of aryl methyl sites for hydroxylation is 2. The molecule has 0 amide bonds. The summed E-state index contributed by atoms with van der Waals surface area (Å²) in [4.78, 5) is 0. The molecule has 16 heavy (non-hydrogen) atoms. The van der Waals surface area contributed by atoms with E-state index >= 15 is 0 Å². The van der Waals surface area contributed by atoms with Gasteiger partial charge in [0.1, 0.15) is 5.75 Å². The normalized spacial score (nSPS) is 11.4. The summed E-state index contributed by atoms with van der Waals surface area (Å²) < 4.78 is 34.2. The van der Waals surface area contributed by atoms with Crippen LogP contribution in [0.25, 0.3) is 0 Å². The van der Waals surface area contributed by atoms with Crippen molar-refractivity contribution in [3.63, 3.8) is 0 Å². The van der Waals surface area contributed by atoms with E-state index in [1.54, 1.807) is 0 Å². The zero-order chi connectivity index (χ0) is 12.3. The van der Waals surface area contributed by atoms with Crippen molar-refractivity contribution in [2.75, 3.05) is 5.73 Å². The summed E-state index contributed by atoms with van der Waals surface area (Å²) in [6, 6.07) is 3.03. The van der Waals surface area contributed by atoms with Gasteiger partial charge in [-0.1, -0.05) is 13.8 Å². The Morgan fingerprint density at radius 3 is 2.00 bits per heavy atom. The van der Waals surface area contributed by atoms with E-state index < -0.39 is 10.4 Å². The smallest absolute Gasteiger partial charge is 0.398 e. The molecular weight excluding hydrogens is 242 g/mol. The van der Waals surface area contributed by atoms with Crippen molar-refractivity contribution in [3.05, 3.63) is 23.3 Å². The fraction of sp³-hybridized carbons (Fsp3) is 0.400. The van der Waals surface area contributed by atoms with Crippen LogP contribution in [0.15, 0.2) is 12.1 Å². The van der Waals surface area contributed by atoms with Crippen molar-refractivity contribution >= 4 is 16.1 Å². The molecule has 0 bridgehead atoms. The highest BCUT2D eigenvalue weighted by Gasteiger charge is 2.11. The van der Waals surface area contributed by atoms with E-state index in [1.807, 2.05) is 13.8 Å². The fourth-order valence-corrected chi connectivity index (χ4v) is 1.84. The van der Waals surface area contributed by atoms with Gasteiger partial charge in [0, 0.05) is 5.69 Å². The van der Waals surface area contributed by atoms with Gasteiger partial charge in [-0.25, -0.2) is 0 Å². The van der Waals surface area contributed by atoms with E-state index in [4.69, 9.17) is 10.3 Å². The molecule has 0 saturated carbocycles. The zero-order valence-corrected chi connectivity index (χ0v) is 10.0. The van der Waals surface area contributed by atoms with Crippen LogP contribution in [-0.4, -0.2) is 13.0 Å². The molecule has 0 heterocycles. The number of rotatable bonds is 4. The number of nitrogen functional groups attached to an aromatic ring is 1. The zero-order valence-electron chi connectivity index (χ0n) is 9.23. The Kier molecular flexibility index (Phi) is 3.77. The van der Waals surface area contributed by atoms with E-state index in [-0.39, 0.29) is 5.75 Å². The number of nitrogens with two attached hydrogens (primary N) is 1. The molecular formula is C10H15NO4S. The van der Waals surface area contributed by atoms with Crippen LogP contribution in [0.5, 0.6) is 5.75 Å². The van der Waals surface area contributed by atoms with Crippen molar-refractivity contribution in [2.24, 2.45) is 0 Å². The first kappa shape index (κ1) is 12.8. The largest absolute Gasteiger partial charge is 0.446 e. The summed E-state index contributed by atoms with van der Waals surface area (Å²) in [6.45, 7) is 3.81. The SMILES string of the molecule is CC[14c]1[14cH][14c](OS(=O)(=O)O)[14cH][14c](CC)[14c]1N. The Morgan fingerprint density at radius 1 is 1.25 bits per heavy atom. The molecule has 0 saturated heterocycles. The van der Waals surface area contributed by atoms with Crippen molar-refractivity contribution in [2.45, 2.75) is 26.7 Å². The van der Waals surface area contributed by atoms with Crippen molar-refractivity contribution in [3.8, 4) is 5.75 Å². The summed E-state index contributed by atoms with van der Waals surface area (Å²) in [5, 5.41) is 0. The quantitative estimate of drug-likeness (QED) is 0.631. The molecule has 90 valence electrons. The predicted molar refractivity (Wildman–Crippen MR) is 61.8 cm³/mol. The van der Waals surface area contributed by atoms with E-state index in [0.717, 1.165) is 11.1 Å². The maximum absolute atomic E-state index is 10.6. The molecule has 0 radical (unpaired) electrons. The maximum atomic E-state index is 10.6. The minimum Gasteiger partial charge on any atom is -0.398 e. The van der Waals surface area contributed by atoms with Gasteiger partial charge in [-0.15, -0.1) is 0 Å². The van der Waals surface area contributed by atoms with Gasteiger partial charge in [0.2, 0.25) is 0 Å². The summed E-state index contributed by atoms with van der Waals surface area (Å²) in [5.74, 6) is 0.0883. The highest BCUT2D eigenvalue weighted by Crippen LogP contribution is 2.26. The molecule has 1 rings (SSSR count). The van der Waals surface area contributed by atoms with Crippen molar-refractivity contribution < 1.29 is 17.2 Å². The van der Waals surface area contributed by atoms with E-state index in [9.17, 15) is 8.42 Å². The lowest BCUT2D eigenvalue weighted by molar-refractivity contribution is 0.386. The van der Waals surface area contributed by atoms with Gasteiger partial charge in [-0.05, 0) is 36.1 Å². The third-order valence-corrected chi connectivity index (χ3v) is 2.69. The number of anilines is 1. The van der Waals surface area contributed by atoms with Crippen LogP contribution in [0.4, 0.5) is 5.69 Å². The number of hydrogen-bond donors (Lipinski definition) is 2. The monoisotopic (exact) mass is 257 g/mol. The first-order chi connectivity index (χ1) is 7.37. The standard InChI is InChI=1S/C10H15NO4S/c1-3-7-5-9(15-16(12,13)14)6-8(4-2)10(7)11/h5-6H,3-4,11H2,1-2H3,(H,12,13,14)/i5+2,6+2,7+2,8+2,9+2,10+2. The second-order valence-electron chi connectivity index (χ2n) is 3.37. The molecule has 1 aromatic rings. The lowest BCUT2D eigenvalue weighted by Gasteiger charge is -2.11. The Hall–Kier alpha value is -1.27. The Bertz CT molecular complexity index is 457. The third kappa shape index (κ3) is 3.11. The number of benzene rings is 1. The van der Waals surface area contributed by atoms with Crippen LogP contribution in [0.1, 0.15) is 25.0 Å². The van der Waals surface area contributed by atoms with Crippen molar-refractivity contribution in [1.82, 2.24) is 0 Å². The summed E-state index contributed by atoms with van der Waals surface area (Å²) >= 11 is 0. The molecule has 1 aromatic carbocycles. The molecule has 0 aromatic heterocycles. The molecule has 0 atom stereocenters. The Balaban J connectivity index is 3.22. The van der Waals surface area contributed by atoms with Gasteiger partial charge in [0.05, 0.1) is 0 Å². The highest BCUT2D eigenvalue weighted by molar-refractivity contribution is 7.81. The molecule has 0 aliphatic carbocycles. The fourth-order valence-electron chi connectivity index (χ4n) is 1.50.